The van der Waals surface area contributed by atoms with Crippen molar-refractivity contribution in [3.05, 3.63) is 52.7 Å². The van der Waals surface area contributed by atoms with E-state index in [4.69, 9.17) is 21.2 Å². The van der Waals surface area contributed by atoms with E-state index in [0.29, 0.717) is 29.6 Å². The van der Waals surface area contributed by atoms with Crippen molar-refractivity contribution in [1.82, 2.24) is 15.0 Å². The molecular weight excluding hydrogens is 361 g/mol. The molecule has 0 bridgehead atoms. The van der Waals surface area contributed by atoms with Crippen molar-refractivity contribution in [2.24, 2.45) is 0 Å². The summed E-state index contributed by atoms with van der Waals surface area (Å²) in [5.41, 5.74) is 1.14. The first-order valence-corrected chi connectivity index (χ1v) is 8.72. The van der Waals surface area contributed by atoms with E-state index in [1.165, 1.54) is 13.0 Å². The fraction of sp³-hybridized carbons (Fsp3) is 0.389. The van der Waals surface area contributed by atoms with Gasteiger partial charge in [-0.2, -0.15) is 0 Å². The van der Waals surface area contributed by atoms with Gasteiger partial charge in [0.05, 0.1) is 0 Å². The molecule has 8 heteroatoms. The average Bonchev–Trinajstić information content (AvgIpc) is 2.61. The number of piperidine rings is 1. The quantitative estimate of drug-likeness (QED) is 0.792. The topological polar surface area (TPSA) is 64.5 Å². The van der Waals surface area contributed by atoms with Crippen LogP contribution in [-0.4, -0.2) is 34.1 Å². The molecule has 3 rings (SSSR count). The zero-order valence-corrected chi connectivity index (χ0v) is 15.1. The number of hydroxylamine groups is 2. The van der Waals surface area contributed by atoms with Gasteiger partial charge in [-0.25, -0.2) is 9.37 Å². The van der Waals surface area contributed by atoms with Gasteiger partial charge in [-0.1, -0.05) is 17.7 Å². The number of hydrogen-bond acceptors (Lipinski definition) is 6. The molecule has 0 N–H and O–H groups in total. The summed E-state index contributed by atoms with van der Waals surface area (Å²) in [7, 11) is 0. The molecule has 1 aliphatic rings. The zero-order valence-electron chi connectivity index (χ0n) is 14.3. The van der Waals surface area contributed by atoms with Crippen LogP contribution in [0.2, 0.25) is 5.02 Å². The summed E-state index contributed by atoms with van der Waals surface area (Å²) in [6, 6.07) is 4.46. The van der Waals surface area contributed by atoms with Crippen LogP contribution in [0.3, 0.4) is 0 Å². The standard InChI is InChI=1S/C18H19ClFN3O3/c1-12(24)26-23-8-4-13(5-9-23)17-18(22-7-6-21-17)25-11-14-2-3-15(19)10-16(14)20/h2-3,6-7,10,13H,4-5,8-9,11H2,1H3. The van der Waals surface area contributed by atoms with E-state index in [0.717, 1.165) is 18.5 Å². The van der Waals surface area contributed by atoms with Gasteiger partial charge < -0.3 is 9.57 Å². The fourth-order valence-electron chi connectivity index (χ4n) is 2.91. The molecule has 2 heterocycles. The summed E-state index contributed by atoms with van der Waals surface area (Å²) in [6.45, 7) is 2.66. The first kappa shape index (κ1) is 18.5. The molecule has 0 atom stereocenters. The number of carbonyl (C=O) groups excluding carboxylic acids is 1. The van der Waals surface area contributed by atoms with Gasteiger partial charge in [0.2, 0.25) is 5.88 Å². The molecule has 1 fully saturated rings. The Morgan fingerprint density at radius 3 is 2.73 bits per heavy atom. The predicted octanol–water partition coefficient (Wildman–Crippen LogP) is 3.51. The molecule has 0 radical (unpaired) electrons. The lowest BCUT2D eigenvalue weighted by Crippen LogP contribution is -2.34. The summed E-state index contributed by atoms with van der Waals surface area (Å²) in [5, 5.41) is 1.99. The Hall–Kier alpha value is -2.25. The van der Waals surface area contributed by atoms with E-state index in [-0.39, 0.29) is 18.5 Å². The van der Waals surface area contributed by atoms with Crippen molar-refractivity contribution >= 4 is 17.6 Å². The minimum absolute atomic E-state index is 0.0426. The van der Waals surface area contributed by atoms with Gasteiger partial charge in [-0.3, -0.25) is 9.78 Å². The number of rotatable bonds is 5. The molecule has 1 saturated heterocycles. The van der Waals surface area contributed by atoms with E-state index in [1.807, 2.05) is 0 Å². The molecule has 2 aromatic rings. The molecule has 26 heavy (non-hydrogen) atoms. The number of halogens is 2. The van der Waals surface area contributed by atoms with E-state index in [2.05, 4.69) is 9.97 Å². The molecule has 0 saturated carbocycles. The second-order valence-electron chi connectivity index (χ2n) is 6.06. The maximum atomic E-state index is 13.9. The first-order chi connectivity index (χ1) is 12.5. The summed E-state index contributed by atoms with van der Waals surface area (Å²) in [5.74, 6) is -0.206. The Balaban J connectivity index is 1.66. The first-order valence-electron chi connectivity index (χ1n) is 8.34. The molecule has 138 valence electrons. The SMILES string of the molecule is CC(=O)ON1CCC(c2nccnc2OCc2ccc(Cl)cc2F)CC1. The maximum absolute atomic E-state index is 13.9. The summed E-state index contributed by atoms with van der Waals surface area (Å²) in [6.07, 6.45) is 4.68. The van der Waals surface area contributed by atoms with Gasteiger partial charge in [0, 0.05) is 48.9 Å². The molecule has 0 spiro atoms. The van der Waals surface area contributed by atoms with E-state index < -0.39 is 5.82 Å². The highest BCUT2D eigenvalue weighted by molar-refractivity contribution is 6.30. The van der Waals surface area contributed by atoms with Gasteiger partial charge in [-0.15, -0.1) is 5.06 Å². The molecule has 0 amide bonds. The number of hydrogen-bond donors (Lipinski definition) is 0. The van der Waals surface area contributed by atoms with Crippen molar-refractivity contribution in [2.75, 3.05) is 13.1 Å². The Bertz CT molecular complexity index is 782. The molecule has 1 aromatic heterocycles. The van der Waals surface area contributed by atoms with Crippen molar-refractivity contribution in [2.45, 2.75) is 32.3 Å². The maximum Gasteiger partial charge on any atom is 0.322 e. The van der Waals surface area contributed by atoms with Crippen LogP contribution in [0.15, 0.2) is 30.6 Å². The zero-order chi connectivity index (χ0) is 18.5. The monoisotopic (exact) mass is 379 g/mol. The van der Waals surface area contributed by atoms with Gasteiger partial charge in [0.25, 0.3) is 0 Å². The highest BCUT2D eigenvalue weighted by Crippen LogP contribution is 2.32. The van der Waals surface area contributed by atoms with E-state index in [9.17, 15) is 9.18 Å². The third-order valence-electron chi connectivity index (χ3n) is 4.17. The average molecular weight is 380 g/mol. The smallest absolute Gasteiger partial charge is 0.322 e. The van der Waals surface area contributed by atoms with Crippen LogP contribution in [0.5, 0.6) is 5.88 Å². The number of benzene rings is 1. The molecule has 0 unspecified atom stereocenters. The fourth-order valence-corrected chi connectivity index (χ4v) is 3.07. The molecular formula is C18H19ClFN3O3. The highest BCUT2D eigenvalue weighted by atomic mass is 35.5. The van der Waals surface area contributed by atoms with Gasteiger partial charge in [0.1, 0.15) is 18.1 Å². The Morgan fingerprint density at radius 1 is 1.31 bits per heavy atom. The van der Waals surface area contributed by atoms with Crippen LogP contribution in [0, 0.1) is 5.82 Å². The van der Waals surface area contributed by atoms with E-state index in [1.54, 1.807) is 29.6 Å². The third kappa shape index (κ3) is 4.68. The van der Waals surface area contributed by atoms with Crippen molar-refractivity contribution in [3.63, 3.8) is 0 Å². The minimum Gasteiger partial charge on any atom is -0.471 e. The second kappa shape index (κ2) is 8.42. The van der Waals surface area contributed by atoms with Crippen molar-refractivity contribution in [1.29, 1.82) is 0 Å². The predicted molar refractivity (Wildman–Crippen MR) is 93.1 cm³/mol. The largest absolute Gasteiger partial charge is 0.471 e. The summed E-state index contributed by atoms with van der Waals surface area (Å²) < 4.78 is 19.6. The molecule has 0 aliphatic carbocycles. The second-order valence-corrected chi connectivity index (χ2v) is 6.49. The van der Waals surface area contributed by atoms with Crippen LogP contribution in [0.1, 0.15) is 36.9 Å². The number of nitrogens with zero attached hydrogens (tertiary/aromatic N) is 3. The van der Waals surface area contributed by atoms with Gasteiger partial charge >= 0.3 is 5.97 Å². The molecule has 1 aromatic carbocycles. The number of ether oxygens (including phenoxy) is 1. The summed E-state index contributed by atoms with van der Waals surface area (Å²) >= 11 is 5.77. The number of aromatic nitrogens is 2. The lowest BCUT2D eigenvalue weighted by atomic mass is 9.94. The van der Waals surface area contributed by atoms with Crippen LogP contribution >= 0.6 is 11.6 Å². The molecule has 1 aliphatic heterocycles. The Morgan fingerprint density at radius 2 is 2.04 bits per heavy atom. The minimum atomic E-state index is -0.419. The van der Waals surface area contributed by atoms with Crippen LogP contribution < -0.4 is 4.74 Å². The normalized spacial score (nSPS) is 15.7. The number of carbonyl (C=O) groups is 1. The lowest BCUT2D eigenvalue weighted by Gasteiger charge is -2.30. The van der Waals surface area contributed by atoms with Crippen LogP contribution in [-0.2, 0) is 16.2 Å². The van der Waals surface area contributed by atoms with Gasteiger partial charge in [0.15, 0.2) is 0 Å². The van der Waals surface area contributed by atoms with Gasteiger partial charge in [-0.05, 0) is 25.0 Å². The lowest BCUT2D eigenvalue weighted by molar-refractivity contribution is -0.192. The highest BCUT2D eigenvalue weighted by Gasteiger charge is 2.26. The Labute approximate surface area is 155 Å². The summed E-state index contributed by atoms with van der Waals surface area (Å²) in [4.78, 5) is 24.8. The van der Waals surface area contributed by atoms with Crippen molar-refractivity contribution < 1.29 is 18.8 Å². The van der Waals surface area contributed by atoms with Crippen LogP contribution in [0.25, 0.3) is 0 Å². The van der Waals surface area contributed by atoms with Crippen molar-refractivity contribution in [3.8, 4) is 5.88 Å². The van der Waals surface area contributed by atoms with E-state index >= 15 is 0 Å². The molecule has 6 nitrogen and oxygen atoms in total. The Kier molecular flexibility index (Phi) is 6.00. The van der Waals surface area contributed by atoms with Crippen LogP contribution in [0.4, 0.5) is 4.39 Å². The third-order valence-corrected chi connectivity index (χ3v) is 4.40.